The number of amides is 1. The molecule has 2 aromatic rings. The summed E-state index contributed by atoms with van der Waals surface area (Å²) in [4.78, 5) is 19.2. The van der Waals surface area contributed by atoms with Crippen LogP contribution in [0.3, 0.4) is 0 Å². The fourth-order valence-electron chi connectivity index (χ4n) is 3.10. The van der Waals surface area contributed by atoms with Crippen LogP contribution in [0, 0.1) is 0 Å². The minimum absolute atomic E-state index is 0.0175. The third-order valence-corrected chi connectivity index (χ3v) is 8.26. The highest BCUT2D eigenvalue weighted by molar-refractivity contribution is 8.02. The van der Waals surface area contributed by atoms with Crippen LogP contribution < -0.4 is 0 Å². The molecule has 3 rings (SSSR count). The van der Waals surface area contributed by atoms with Crippen LogP contribution in [-0.4, -0.2) is 53.6 Å². The zero-order valence-corrected chi connectivity index (χ0v) is 17.2. The Morgan fingerprint density at radius 1 is 1.38 bits per heavy atom. The molecule has 0 saturated carbocycles. The van der Waals surface area contributed by atoms with Crippen LogP contribution in [0.15, 0.2) is 40.1 Å². The normalized spacial score (nSPS) is 20.0. The van der Waals surface area contributed by atoms with Crippen molar-refractivity contribution >= 4 is 38.8 Å². The van der Waals surface area contributed by atoms with E-state index in [1.807, 2.05) is 49.6 Å². The van der Waals surface area contributed by atoms with Crippen LogP contribution >= 0.6 is 23.1 Å². The topological polar surface area (TPSA) is 67.3 Å². The molecule has 1 saturated heterocycles. The second kappa shape index (κ2) is 8.10. The summed E-state index contributed by atoms with van der Waals surface area (Å²) in [6.45, 7) is 4.29. The van der Waals surface area contributed by atoms with Gasteiger partial charge in [0, 0.05) is 23.5 Å². The lowest BCUT2D eigenvalue weighted by atomic mass is 10.2. The number of benzene rings is 1. The number of thiazole rings is 1. The zero-order chi connectivity index (χ0) is 18.7. The number of rotatable bonds is 6. The van der Waals surface area contributed by atoms with Crippen molar-refractivity contribution in [2.24, 2.45) is 0 Å². The molecule has 0 spiro atoms. The maximum absolute atomic E-state index is 12.8. The van der Waals surface area contributed by atoms with Gasteiger partial charge in [-0.2, -0.15) is 0 Å². The van der Waals surface area contributed by atoms with E-state index in [1.165, 1.54) is 23.1 Å². The molecule has 2 heterocycles. The Kier molecular flexibility index (Phi) is 6.04. The number of sulfone groups is 1. The first kappa shape index (κ1) is 19.4. The number of hydrogen-bond donors (Lipinski definition) is 0. The van der Waals surface area contributed by atoms with Gasteiger partial charge in [0.1, 0.15) is 0 Å². The summed E-state index contributed by atoms with van der Waals surface area (Å²) < 4.78 is 24.3. The van der Waals surface area contributed by atoms with Crippen LogP contribution in [-0.2, 0) is 14.6 Å². The van der Waals surface area contributed by atoms with E-state index in [2.05, 4.69) is 4.98 Å². The van der Waals surface area contributed by atoms with E-state index in [0.717, 1.165) is 15.6 Å². The van der Waals surface area contributed by atoms with Gasteiger partial charge in [0.25, 0.3) is 0 Å². The Hall–Kier alpha value is -1.38. The summed E-state index contributed by atoms with van der Waals surface area (Å²) in [6, 6.07) is 9.74. The maximum Gasteiger partial charge on any atom is 0.236 e. The number of hydrogen-bond acceptors (Lipinski definition) is 6. The molecule has 0 N–H and O–H groups in total. The van der Waals surface area contributed by atoms with E-state index in [-0.39, 0.29) is 28.7 Å². The number of thioether (sulfide) groups is 1. The SMILES string of the molecule is CCN(C(=O)[C@@H](C)Sc1nc(-c2ccccc2)cs1)[C@@H]1CCS(=O)(=O)C1. The average Bonchev–Trinajstić information content (AvgIpc) is 3.22. The van der Waals surface area contributed by atoms with Gasteiger partial charge in [-0.05, 0) is 20.3 Å². The van der Waals surface area contributed by atoms with E-state index in [4.69, 9.17) is 0 Å². The predicted octanol–water partition coefficient (Wildman–Crippen LogP) is 3.33. The van der Waals surface area contributed by atoms with Crippen molar-refractivity contribution in [3.63, 3.8) is 0 Å². The Morgan fingerprint density at radius 2 is 2.12 bits per heavy atom. The molecule has 26 heavy (non-hydrogen) atoms. The number of carbonyl (C=O) groups excluding carboxylic acids is 1. The van der Waals surface area contributed by atoms with Gasteiger partial charge in [0.2, 0.25) is 5.91 Å². The fraction of sp³-hybridized carbons (Fsp3) is 0.444. The lowest BCUT2D eigenvalue weighted by molar-refractivity contribution is -0.131. The van der Waals surface area contributed by atoms with Gasteiger partial charge in [-0.15, -0.1) is 11.3 Å². The molecule has 1 aliphatic rings. The van der Waals surface area contributed by atoms with Crippen LogP contribution in [0.25, 0.3) is 11.3 Å². The number of aromatic nitrogens is 1. The Labute approximate surface area is 162 Å². The summed E-state index contributed by atoms with van der Waals surface area (Å²) in [5, 5.41) is 1.70. The molecular weight excluding hydrogens is 388 g/mol. The van der Waals surface area contributed by atoms with E-state index < -0.39 is 9.84 Å². The molecule has 0 aliphatic carbocycles. The molecule has 0 radical (unpaired) electrons. The first-order valence-electron chi connectivity index (χ1n) is 8.58. The highest BCUT2D eigenvalue weighted by Crippen LogP contribution is 2.32. The molecule has 0 bridgehead atoms. The van der Waals surface area contributed by atoms with Crippen molar-refractivity contribution in [3.05, 3.63) is 35.7 Å². The predicted molar refractivity (Wildman–Crippen MR) is 107 cm³/mol. The van der Waals surface area contributed by atoms with E-state index in [0.29, 0.717) is 13.0 Å². The highest BCUT2D eigenvalue weighted by Gasteiger charge is 2.35. The smallest absolute Gasteiger partial charge is 0.236 e. The minimum atomic E-state index is -3.01. The minimum Gasteiger partial charge on any atom is -0.338 e. The van der Waals surface area contributed by atoms with Crippen molar-refractivity contribution in [1.29, 1.82) is 0 Å². The summed E-state index contributed by atoms with van der Waals surface area (Å²) in [7, 11) is -3.01. The molecule has 1 fully saturated rings. The maximum atomic E-state index is 12.8. The van der Waals surface area contributed by atoms with Gasteiger partial charge in [-0.3, -0.25) is 4.79 Å². The second-order valence-electron chi connectivity index (χ2n) is 6.31. The Morgan fingerprint density at radius 3 is 2.73 bits per heavy atom. The molecule has 0 unspecified atom stereocenters. The van der Waals surface area contributed by atoms with Crippen molar-refractivity contribution in [1.82, 2.24) is 9.88 Å². The van der Waals surface area contributed by atoms with Gasteiger partial charge in [0.05, 0.1) is 22.4 Å². The van der Waals surface area contributed by atoms with Crippen LogP contribution in [0.1, 0.15) is 20.3 Å². The fourth-order valence-corrected chi connectivity index (χ4v) is 6.88. The highest BCUT2D eigenvalue weighted by atomic mass is 32.2. The van der Waals surface area contributed by atoms with Crippen LogP contribution in [0.4, 0.5) is 0 Å². The van der Waals surface area contributed by atoms with E-state index in [9.17, 15) is 13.2 Å². The van der Waals surface area contributed by atoms with Crippen molar-refractivity contribution in [2.45, 2.75) is 35.9 Å². The molecule has 1 aromatic heterocycles. The van der Waals surface area contributed by atoms with Crippen LogP contribution in [0.5, 0.6) is 0 Å². The third-order valence-electron chi connectivity index (χ3n) is 4.45. The molecule has 140 valence electrons. The molecule has 1 amide bonds. The quantitative estimate of drug-likeness (QED) is 0.684. The van der Waals surface area contributed by atoms with Crippen molar-refractivity contribution in [2.75, 3.05) is 18.1 Å². The van der Waals surface area contributed by atoms with Gasteiger partial charge >= 0.3 is 0 Å². The third kappa shape index (κ3) is 4.47. The Balaban J connectivity index is 1.66. The summed E-state index contributed by atoms with van der Waals surface area (Å²) in [6.07, 6.45) is 0.536. The summed E-state index contributed by atoms with van der Waals surface area (Å²) >= 11 is 2.96. The van der Waals surface area contributed by atoms with Gasteiger partial charge in [0.15, 0.2) is 14.2 Å². The molecule has 5 nitrogen and oxygen atoms in total. The lowest BCUT2D eigenvalue weighted by Crippen LogP contribution is -2.44. The monoisotopic (exact) mass is 410 g/mol. The van der Waals surface area contributed by atoms with Crippen molar-refractivity contribution in [3.8, 4) is 11.3 Å². The van der Waals surface area contributed by atoms with E-state index in [1.54, 1.807) is 4.90 Å². The Bertz CT molecular complexity index is 865. The largest absolute Gasteiger partial charge is 0.338 e. The summed E-state index contributed by atoms with van der Waals surface area (Å²) in [5.41, 5.74) is 1.97. The molecule has 8 heteroatoms. The van der Waals surface area contributed by atoms with E-state index >= 15 is 0 Å². The van der Waals surface area contributed by atoms with Crippen LogP contribution in [0.2, 0.25) is 0 Å². The van der Waals surface area contributed by atoms with Gasteiger partial charge < -0.3 is 4.90 Å². The number of carbonyl (C=O) groups is 1. The molecular formula is C18H22N2O3S3. The van der Waals surface area contributed by atoms with Crippen molar-refractivity contribution < 1.29 is 13.2 Å². The summed E-state index contributed by atoms with van der Waals surface area (Å²) in [5.74, 6) is 0.242. The molecule has 1 aromatic carbocycles. The standard InChI is InChI=1S/C18H22N2O3S3/c1-3-20(15-9-10-26(22,23)12-15)17(21)13(2)25-18-19-16(11-24-18)14-7-5-4-6-8-14/h4-8,11,13,15H,3,9-10,12H2,1-2H3/t13-,15-/m1/s1. The molecule has 1 aliphatic heterocycles. The zero-order valence-electron chi connectivity index (χ0n) is 14.8. The number of nitrogens with zero attached hydrogens (tertiary/aromatic N) is 2. The average molecular weight is 411 g/mol. The first-order chi connectivity index (χ1) is 12.4. The van der Waals surface area contributed by atoms with Gasteiger partial charge in [-0.25, -0.2) is 13.4 Å². The second-order valence-corrected chi connectivity index (χ2v) is 11.0. The first-order valence-corrected chi connectivity index (χ1v) is 12.2. The molecule has 2 atom stereocenters. The van der Waals surface area contributed by atoms with Gasteiger partial charge in [-0.1, -0.05) is 42.1 Å². The lowest BCUT2D eigenvalue weighted by Gasteiger charge is -2.29.